The number of ether oxygens (including phenoxy) is 3. The van der Waals surface area contributed by atoms with Crippen molar-refractivity contribution in [2.75, 3.05) is 13.2 Å². The van der Waals surface area contributed by atoms with E-state index < -0.39 is 17.4 Å². The molecule has 0 spiro atoms. The number of amides is 1. The maximum Gasteiger partial charge on any atom is 0.409 e. The summed E-state index contributed by atoms with van der Waals surface area (Å²) in [5.41, 5.74) is -1.24. The van der Waals surface area contributed by atoms with Crippen molar-refractivity contribution < 1.29 is 19.0 Å². The minimum Gasteiger partial charge on any atom is -0.444 e. The Balaban J connectivity index is 2.24. The Kier molecular flexibility index (Phi) is 6.27. The fourth-order valence-corrected chi connectivity index (χ4v) is 2.07. The van der Waals surface area contributed by atoms with Crippen molar-refractivity contribution in [1.29, 1.82) is 0 Å². The second-order valence-electron chi connectivity index (χ2n) is 6.76. The summed E-state index contributed by atoms with van der Waals surface area (Å²) in [5, 5.41) is 2.73. The predicted octanol–water partition coefficient (Wildman–Crippen LogP) is 3.22. The Morgan fingerprint density at radius 2 is 1.95 bits per heavy atom. The first-order valence-corrected chi connectivity index (χ1v) is 7.45. The van der Waals surface area contributed by atoms with E-state index in [-0.39, 0.29) is 0 Å². The summed E-state index contributed by atoms with van der Waals surface area (Å²) in [6.45, 7) is 10.6. The van der Waals surface area contributed by atoms with E-state index in [1.165, 1.54) is 6.42 Å². The van der Waals surface area contributed by atoms with Gasteiger partial charge in [-0.25, -0.2) is 4.79 Å². The number of alkyl carbamates (subject to hydrolysis) is 1. The van der Waals surface area contributed by atoms with Gasteiger partial charge in [0, 0.05) is 6.61 Å². The Morgan fingerprint density at radius 3 is 2.50 bits per heavy atom. The fourth-order valence-electron chi connectivity index (χ4n) is 2.07. The number of carbonyl (C=O) groups excluding carboxylic acids is 1. The molecule has 5 nitrogen and oxygen atoms in total. The van der Waals surface area contributed by atoms with Crippen molar-refractivity contribution in [3.8, 4) is 0 Å². The van der Waals surface area contributed by atoms with Gasteiger partial charge < -0.3 is 14.2 Å². The molecule has 20 heavy (non-hydrogen) atoms. The molecule has 0 aliphatic carbocycles. The summed E-state index contributed by atoms with van der Waals surface area (Å²) in [7, 11) is 0. The molecule has 1 N–H and O–H groups in total. The van der Waals surface area contributed by atoms with E-state index in [9.17, 15) is 4.79 Å². The lowest BCUT2D eigenvalue weighted by molar-refractivity contribution is -0.0692. The number of carbonyl (C=O) groups is 1. The quantitative estimate of drug-likeness (QED) is 0.789. The fraction of sp³-hybridized carbons (Fsp3) is 0.933. The molecule has 1 aliphatic rings. The third-order valence-corrected chi connectivity index (χ3v) is 2.98. The van der Waals surface area contributed by atoms with Crippen molar-refractivity contribution in [1.82, 2.24) is 5.32 Å². The highest BCUT2D eigenvalue weighted by Crippen LogP contribution is 2.17. The van der Waals surface area contributed by atoms with Crippen LogP contribution in [0.1, 0.15) is 60.3 Å². The van der Waals surface area contributed by atoms with Crippen LogP contribution in [0.25, 0.3) is 0 Å². The van der Waals surface area contributed by atoms with Crippen LogP contribution in [-0.2, 0) is 14.2 Å². The molecule has 1 fully saturated rings. The van der Waals surface area contributed by atoms with Crippen LogP contribution < -0.4 is 5.32 Å². The van der Waals surface area contributed by atoms with E-state index in [0.29, 0.717) is 12.7 Å². The molecule has 1 aliphatic heterocycles. The average Bonchev–Trinajstić information content (AvgIpc) is 2.26. The van der Waals surface area contributed by atoms with E-state index in [1.807, 2.05) is 34.6 Å². The summed E-state index contributed by atoms with van der Waals surface area (Å²) in [4.78, 5) is 11.7. The second kappa shape index (κ2) is 7.27. The molecule has 0 bridgehead atoms. The molecule has 1 rings (SSSR count). The van der Waals surface area contributed by atoms with Crippen LogP contribution in [0.15, 0.2) is 0 Å². The molecule has 1 unspecified atom stereocenters. The van der Waals surface area contributed by atoms with Crippen LogP contribution in [0, 0.1) is 0 Å². The smallest absolute Gasteiger partial charge is 0.409 e. The molecule has 0 radical (unpaired) electrons. The summed E-state index contributed by atoms with van der Waals surface area (Å²) in [6, 6.07) is 0. The van der Waals surface area contributed by atoms with Crippen LogP contribution in [-0.4, -0.2) is 36.7 Å². The minimum absolute atomic E-state index is 0.293. The van der Waals surface area contributed by atoms with E-state index in [0.717, 1.165) is 25.9 Å². The second-order valence-corrected chi connectivity index (χ2v) is 6.76. The highest BCUT2D eigenvalue weighted by Gasteiger charge is 2.25. The minimum atomic E-state index is -0.739. The lowest BCUT2D eigenvalue weighted by Gasteiger charge is -2.30. The summed E-state index contributed by atoms with van der Waals surface area (Å²) in [5.74, 6) is 0. The molecule has 0 aromatic rings. The monoisotopic (exact) mass is 287 g/mol. The summed E-state index contributed by atoms with van der Waals surface area (Å²) < 4.78 is 16.6. The molecule has 1 amide bonds. The van der Waals surface area contributed by atoms with E-state index >= 15 is 0 Å². The number of hydrogen-bond donors (Lipinski definition) is 1. The predicted molar refractivity (Wildman–Crippen MR) is 77.6 cm³/mol. The van der Waals surface area contributed by atoms with Crippen molar-refractivity contribution in [3.05, 3.63) is 0 Å². The Labute approximate surface area is 122 Å². The normalized spacial score (nSPS) is 20.6. The van der Waals surface area contributed by atoms with Gasteiger partial charge in [0.2, 0.25) is 0 Å². The molecule has 1 heterocycles. The first-order chi connectivity index (χ1) is 9.18. The van der Waals surface area contributed by atoms with Crippen molar-refractivity contribution in [3.63, 3.8) is 0 Å². The molecular formula is C15H29NO4. The van der Waals surface area contributed by atoms with Crippen molar-refractivity contribution in [2.45, 2.75) is 77.7 Å². The van der Waals surface area contributed by atoms with Gasteiger partial charge in [0.1, 0.15) is 11.3 Å². The van der Waals surface area contributed by atoms with E-state index in [1.54, 1.807) is 0 Å². The van der Waals surface area contributed by atoms with Crippen LogP contribution in [0.3, 0.4) is 0 Å². The lowest BCUT2D eigenvalue weighted by atomic mass is 10.1. The first kappa shape index (κ1) is 17.2. The molecular weight excluding hydrogens is 258 g/mol. The molecule has 1 atom stereocenters. The summed E-state index contributed by atoms with van der Waals surface area (Å²) >= 11 is 0. The zero-order chi connectivity index (χ0) is 15.2. The SMILES string of the molecule is CC(C)(C)OC(=O)NC(C)(C)OCCC1CCCCO1. The lowest BCUT2D eigenvalue weighted by Crippen LogP contribution is -2.48. The molecule has 118 valence electrons. The van der Waals surface area contributed by atoms with Gasteiger partial charge >= 0.3 is 6.09 Å². The standard InChI is InChI=1S/C15H29NO4/c1-14(2,3)20-13(17)16-15(4,5)19-11-9-12-8-6-7-10-18-12/h12H,6-11H2,1-5H3,(H,16,17). The topological polar surface area (TPSA) is 56.8 Å². The Bertz CT molecular complexity index is 303. The third-order valence-electron chi connectivity index (χ3n) is 2.98. The van der Waals surface area contributed by atoms with Crippen molar-refractivity contribution >= 4 is 6.09 Å². The van der Waals surface area contributed by atoms with Gasteiger partial charge in [-0.1, -0.05) is 0 Å². The molecule has 0 aromatic heterocycles. The molecule has 1 saturated heterocycles. The van der Waals surface area contributed by atoms with Gasteiger partial charge in [-0.05, 0) is 60.3 Å². The van der Waals surface area contributed by atoms with Gasteiger partial charge in [0.15, 0.2) is 0 Å². The van der Waals surface area contributed by atoms with Gasteiger partial charge in [-0.15, -0.1) is 0 Å². The third kappa shape index (κ3) is 7.70. The van der Waals surface area contributed by atoms with E-state index in [4.69, 9.17) is 14.2 Å². The maximum atomic E-state index is 11.7. The number of nitrogens with one attached hydrogen (secondary N) is 1. The average molecular weight is 287 g/mol. The van der Waals surface area contributed by atoms with Gasteiger partial charge in [-0.3, -0.25) is 5.32 Å². The first-order valence-electron chi connectivity index (χ1n) is 7.45. The van der Waals surface area contributed by atoms with Crippen LogP contribution in [0.5, 0.6) is 0 Å². The van der Waals surface area contributed by atoms with Crippen LogP contribution >= 0.6 is 0 Å². The van der Waals surface area contributed by atoms with Crippen LogP contribution in [0.2, 0.25) is 0 Å². The highest BCUT2D eigenvalue weighted by atomic mass is 16.6. The zero-order valence-corrected chi connectivity index (χ0v) is 13.5. The largest absolute Gasteiger partial charge is 0.444 e. The molecule has 0 aromatic carbocycles. The van der Waals surface area contributed by atoms with Gasteiger partial charge in [0.25, 0.3) is 0 Å². The molecule has 0 saturated carbocycles. The number of hydrogen-bond acceptors (Lipinski definition) is 4. The Hall–Kier alpha value is -0.810. The number of rotatable bonds is 5. The van der Waals surface area contributed by atoms with Crippen LogP contribution in [0.4, 0.5) is 4.79 Å². The molecule has 5 heteroatoms. The maximum absolute atomic E-state index is 11.7. The van der Waals surface area contributed by atoms with Gasteiger partial charge in [0.05, 0.1) is 12.7 Å². The van der Waals surface area contributed by atoms with Crippen molar-refractivity contribution in [2.24, 2.45) is 0 Å². The van der Waals surface area contributed by atoms with Gasteiger partial charge in [-0.2, -0.15) is 0 Å². The Morgan fingerprint density at radius 1 is 1.25 bits per heavy atom. The van der Waals surface area contributed by atoms with E-state index in [2.05, 4.69) is 5.32 Å². The highest BCUT2D eigenvalue weighted by molar-refractivity contribution is 5.68. The zero-order valence-electron chi connectivity index (χ0n) is 13.5. The summed E-state index contributed by atoms with van der Waals surface area (Å²) in [6.07, 6.45) is 4.17.